The predicted molar refractivity (Wildman–Crippen MR) is 48.2 cm³/mol. The fourth-order valence-corrected chi connectivity index (χ4v) is 0.755. The summed E-state index contributed by atoms with van der Waals surface area (Å²) in [7, 11) is 1.35. The van der Waals surface area contributed by atoms with Gasteiger partial charge in [-0.25, -0.2) is 0 Å². The fourth-order valence-electron chi connectivity index (χ4n) is 0.755. The van der Waals surface area contributed by atoms with Crippen LogP contribution in [0.3, 0.4) is 0 Å². The minimum atomic E-state index is -1.50. The van der Waals surface area contributed by atoms with Crippen LogP contribution in [-0.4, -0.2) is 29.4 Å². The lowest BCUT2D eigenvalue weighted by Gasteiger charge is -2.10. The molecule has 0 aliphatic carbocycles. The van der Waals surface area contributed by atoms with E-state index >= 15 is 0 Å². The molecule has 0 aliphatic heterocycles. The molecule has 1 atom stereocenters. The Labute approximate surface area is 82.0 Å². The van der Waals surface area contributed by atoms with Crippen LogP contribution in [0, 0.1) is 16.0 Å². The van der Waals surface area contributed by atoms with Gasteiger partial charge in [0.1, 0.15) is 6.04 Å². The summed E-state index contributed by atoms with van der Waals surface area (Å²) in [6.07, 6.45) is 0.687. The SMILES string of the molecule is COC(=O)[C@@H](N)CC(C)C.O=[N+]([O-])O. The topological polar surface area (TPSA) is 116 Å². The van der Waals surface area contributed by atoms with Gasteiger partial charge in [0.05, 0.1) is 7.11 Å². The van der Waals surface area contributed by atoms with Gasteiger partial charge in [0.25, 0.3) is 5.09 Å². The number of carbonyl (C=O) groups is 1. The second kappa shape index (κ2) is 8.24. The Morgan fingerprint density at radius 3 is 2.21 bits per heavy atom. The Balaban J connectivity index is 0. The van der Waals surface area contributed by atoms with Crippen LogP contribution >= 0.6 is 0 Å². The number of rotatable bonds is 3. The summed E-state index contributed by atoms with van der Waals surface area (Å²) in [5.41, 5.74) is 5.45. The summed E-state index contributed by atoms with van der Waals surface area (Å²) in [6.45, 7) is 4.03. The number of nitrogens with two attached hydrogens (primary N) is 1. The standard InChI is InChI=1S/C7H15NO2.HNO3/c1-5(2)4-6(8)7(9)10-3;2-1(3)4/h5-6H,4,8H2,1-3H3;(H,2,3,4)/t6-;/m0./s1. The van der Waals surface area contributed by atoms with Crippen molar-refractivity contribution in [3.8, 4) is 0 Å². The zero-order chi connectivity index (χ0) is 11.7. The number of nitrogens with zero attached hydrogens (tertiary/aromatic N) is 1. The molecular weight excluding hydrogens is 192 g/mol. The molecule has 84 valence electrons. The molecule has 0 unspecified atom stereocenters. The van der Waals surface area contributed by atoms with Crippen molar-refractivity contribution >= 4 is 5.97 Å². The van der Waals surface area contributed by atoms with Crippen molar-refractivity contribution in [1.82, 2.24) is 0 Å². The summed E-state index contributed by atoms with van der Waals surface area (Å²) in [4.78, 5) is 19.1. The first-order valence-corrected chi connectivity index (χ1v) is 3.97. The predicted octanol–water partition coefficient (Wildman–Crippen LogP) is 0.185. The summed E-state index contributed by atoms with van der Waals surface area (Å²) in [5, 5.41) is 13.6. The van der Waals surface area contributed by atoms with Gasteiger partial charge in [-0.15, -0.1) is 10.1 Å². The van der Waals surface area contributed by atoms with E-state index in [1.54, 1.807) is 0 Å². The van der Waals surface area contributed by atoms with Crippen LogP contribution in [0.4, 0.5) is 0 Å². The van der Waals surface area contributed by atoms with Crippen LogP contribution in [0.2, 0.25) is 0 Å². The summed E-state index contributed by atoms with van der Waals surface area (Å²) < 4.78 is 4.45. The highest BCUT2D eigenvalue weighted by Crippen LogP contribution is 2.02. The molecule has 0 aromatic carbocycles. The van der Waals surface area contributed by atoms with Gasteiger partial charge in [0.15, 0.2) is 0 Å². The van der Waals surface area contributed by atoms with E-state index in [0.29, 0.717) is 12.3 Å². The highest BCUT2D eigenvalue weighted by Gasteiger charge is 2.14. The van der Waals surface area contributed by atoms with Gasteiger partial charge >= 0.3 is 5.97 Å². The van der Waals surface area contributed by atoms with Crippen LogP contribution in [0.25, 0.3) is 0 Å². The third-order valence-corrected chi connectivity index (χ3v) is 1.23. The normalized spacial score (nSPS) is 11.2. The highest BCUT2D eigenvalue weighted by molar-refractivity contribution is 5.75. The van der Waals surface area contributed by atoms with E-state index in [2.05, 4.69) is 4.74 Å². The molecule has 0 rings (SSSR count). The van der Waals surface area contributed by atoms with E-state index in [9.17, 15) is 4.79 Å². The molecule has 0 fully saturated rings. The Bertz CT molecular complexity index is 179. The van der Waals surface area contributed by atoms with Gasteiger partial charge in [-0.3, -0.25) is 4.79 Å². The molecule has 7 nitrogen and oxygen atoms in total. The summed E-state index contributed by atoms with van der Waals surface area (Å²) in [5.74, 6) is 0.114. The number of esters is 1. The van der Waals surface area contributed by atoms with E-state index in [4.69, 9.17) is 21.1 Å². The minimum absolute atomic E-state index is 0.325. The first kappa shape index (κ1) is 15.1. The number of ether oxygens (including phenoxy) is 1. The quantitative estimate of drug-likeness (QED) is 0.388. The lowest BCUT2D eigenvalue weighted by atomic mass is 10.1. The third kappa shape index (κ3) is 13.2. The van der Waals surface area contributed by atoms with Gasteiger partial charge in [-0.2, -0.15) is 0 Å². The molecule has 0 heterocycles. The molecule has 0 saturated heterocycles. The van der Waals surface area contributed by atoms with Crippen molar-refractivity contribution in [1.29, 1.82) is 0 Å². The third-order valence-electron chi connectivity index (χ3n) is 1.23. The monoisotopic (exact) mass is 208 g/mol. The minimum Gasteiger partial charge on any atom is -0.468 e. The van der Waals surface area contributed by atoms with E-state index in [1.807, 2.05) is 13.8 Å². The van der Waals surface area contributed by atoms with E-state index < -0.39 is 11.1 Å². The van der Waals surface area contributed by atoms with Gasteiger partial charge in [-0.05, 0) is 12.3 Å². The van der Waals surface area contributed by atoms with Gasteiger partial charge in [0, 0.05) is 0 Å². The van der Waals surface area contributed by atoms with Crippen LogP contribution in [-0.2, 0) is 9.53 Å². The van der Waals surface area contributed by atoms with Crippen LogP contribution in [0.5, 0.6) is 0 Å². The van der Waals surface area contributed by atoms with E-state index in [0.717, 1.165) is 0 Å². The molecule has 0 spiro atoms. The van der Waals surface area contributed by atoms with Gasteiger partial charge in [0.2, 0.25) is 0 Å². The molecule has 0 amide bonds. The number of hydrogen-bond donors (Lipinski definition) is 2. The molecule has 0 bridgehead atoms. The largest absolute Gasteiger partial charge is 0.468 e. The maximum atomic E-state index is 10.7. The van der Waals surface area contributed by atoms with Gasteiger partial charge < -0.3 is 15.7 Å². The molecule has 0 aromatic rings. The van der Waals surface area contributed by atoms with Crippen LogP contribution < -0.4 is 5.73 Å². The molecule has 14 heavy (non-hydrogen) atoms. The second-order valence-corrected chi connectivity index (χ2v) is 3.00. The van der Waals surface area contributed by atoms with Crippen LogP contribution in [0.15, 0.2) is 0 Å². The van der Waals surface area contributed by atoms with Crippen LogP contribution in [0.1, 0.15) is 20.3 Å². The fraction of sp³-hybridized carbons (Fsp3) is 0.857. The summed E-state index contributed by atoms with van der Waals surface area (Å²) in [6, 6.07) is -0.454. The smallest absolute Gasteiger partial charge is 0.322 e. The zero-order valence-corrected chi connectivity index (χ0v) is 8.47. The molecule has 7 heteroatoms. The van der Waals surface area contributed by atoms with E-state index in [1.165, 1.54) is 7.11 Å². The van der Waals surface area contributed by atoms with Crippen molar-refractivity contribution < 1.29 is 19.8 Å². The first-order valence-electron chi connectivity index (χ1n) is 3.97. The average molecular weight is 208 g/mol. The molecule has 3 N–H and O–H groups in total. The lowest BCUT2D eigenvalue weighted by Crippen LogP contribution is -2.32. The summed E-state index contributed by atoms with van der Waals surface area (Å²) >= 11 is 0. The second-order valence-electron chi connectivity index (χ2n) is 3.00. The van der Waals surface area contributed by atoms with Crippen molar-refractivity contribution in [2.75, 3.05) is 7.11 Å². The molecule has 0 aliphatic rings. The molecule has 0 radical (unpaired) electrons. The van der Waals surface area contributed by atoms with Gasteiger partial charge in [-0.1, -0.05) is 13.8 Å². The van der Waals surface area contributed by atoms with Crippen molar-refractivity contribution in [2.24, 2.45) is 11.7 Å². The first-order chi connectivity index (χ1) is 6.31. The molecular formula is C7H16N2O5. The zero-order valence-electron chi connectivity index (χ0n) is 8.47. The van der Waals surface area contributed by atoms with Crippen molar-refractivity contribution in [2.45, 2.75) is 26.3 Å². The average Bonchev–Trinajstić information content (AvgIpc) is 2.00. The maximum absolute atomic E-state index is 10.7. The Kier molecular flexibility index (Phi) is 8.90. The Morgan fingerprint density at radius 2 is 2.00 bits per heavy atom. The van der Waals surface area contributed by atoms with Crippen molar-refractivity contribution in [3.63, 3.8) is 0 Å². The van der Waals surface area contributed by atoms with Crippen molar-refractivity contribution in [3.05, 3.63) is 10.1 Å². The number of methoxy groups -OCH3 is 1. The Morgan fingerprint density at radius 1 is 1.64 bits per heavy atom. The maximum Gasteiger partial charge on any atom is 0.322 e. The Hall–Kier alpha value is -1.37. The number of hydrogen-bond acceptors (Lipinski definition) is 5. The highest BCUT2D eigenvalue weighted by atomic mass is 16.9. The number of carbonyl (C=O) groups excluding carboxylic acids is 1. The molecule has 0 saturated carbocycles. The molecule has 0 aromatic heterocycles. The van der Waals surface area contributed by atoms with E-state index in [-0.39, 0.29) is 5.97 Å². The lowest BCUT2D eigenvalue weighted by molar-refractivity contribution is -0.742.